The van der Waals surface area contributed by atoms with Gasteiger partial charge in [0.15, 0.2) is 0 Å². The second kappa shape index (κ2) is 5.26. The Morgan fingerprint density at radius 2 is 2.33 bits per heavy atom. The molecule has 1 N–H and O–H groups in total. The van der Waals surface area contributed by atoms with Crippen LogP contribution >= 0.6 is 0 Å². The number of nitro benzene ring substituents is 1. The lowest BCUT2D eigenvalue weighted by Gasteiger charge is -2.08. The second-order valence-corrected chi connectivity index (χ2v) is 3.70. The van der Waals surface area contributed by atoms with Crippen molar-refractivity contribution in [3.8, 4) is 5.69 Å². The molecule has 0 aliphatic rings. The van der Waals surface area contributed by atoms with Gasteiger partial charge in [0, 0.05) is 6.54 Å². The maximum absolute atomic E-state index is 11.2. The first-order valence-corrected chi connectivity index (χ1v) is 5.60. The van der Waals surface area contributed by atoms with E-state index in [1.807, 2.05) is 6.92 Å². The summed E-state index contributed by atoms with van der Waals surface area (Å²) >= 11 is 0. The molecular weight excluding hydrogens is 234 g/mol. The highest BCUT2D eigenvalue weighted by Crippen LogP contribution is 2.30. The van der Waals surface area contributed by atoms with Gasteiger partial charge in [0.2, 0.25) is 0 Å². The van der Waals surface area contributed by atoms with Crippen molar-refractivity contribution in [2.45, 2.75) is 13.3 Å². The average molecular weight is 247 g/mol. The van der Waals surface area contributed by atoms with Crippen LogP contribution in [-0.2, 0) is 0 Å². The van der Waals surface area contributed by atoms with E-state index in [1.165, 1.54) is 17.3 Å². The van der Waals surface area contributed by atoms with Crippen LogP contribution in [0, 0.1) is 10.1 Å². The number of hydrogen-bond donors (Lipinski definition) is 1. The van der Waals surface area contributed by atoms with Gasteiger partial charge in [0.05, 0.1) is 4.92 Å². The van der Waals surface area contributed by atoms with Crippen molar-refractivity contribution in [1.29, 1.82) is 0 Å². The molecule has 2 rings (SSSR count). The Balaban J connectivity index is 2.49. The molecule has 2 aromatic rings. The smallest absolute Gasteiger partial charge is 0.317 e. The molecule has 0 aliphatic heterocycles. The Morgan fingerprint density at radius 3 is 2.94 bits per heavy atom. The molecular formula is C11H13N5O2. The van der Waals surface area contributed by atoms with Crippen LogP contribution in [0.2, 0.25) is 0 Å². The summed E-state index contributed by atoms with van der Waals surface area (Å²) in [5.74, 6) is 0. The Kier molecular flexibility index (Phi) is 3.52. The van der Waals surface area contributed by atoms with Crippen molar-refractivity contribution in [1.82, 2.24) is 14.8 Å². The van der Waals surface area contributed by atoms with E-state index in [-0.39, 0.29) is 5.69 Å². The molecule has 1 heterocycles. The molecule has 0 atom stereocenters. The lowest BCUT2D eigenvalue weighted by Crippen LogP contribution is -2.07. The summed E-state index contributed by atoms with van der Waals surface area (Å²) in [4.78, 5) is 14.6. The van der Waals surface area contributed by atoms with E-state index in [1.54, 1.807) is 18.2 Å². The minimum absolute atomic E-state index is 0.0106. The maximum Gasteiger partial charge on any atom is 0.317 e. The number of aromatic nitrogens is 3. The van der Waals surface area contributed by atoms with E-state index in [4.69, 9.17) is 0 Å². The molecule has 1 aromatic heterocycles. The first-order valence-electron chi connectivity index (χ1n) is 5.60. The van der Waals surface area contributed by atoms with Gasteiger partial charge in [-0.05, 0) is 18.6 Å². The number of nitro groups is 1. The van der Waals surface area contributed by atoms with Crippen molar-refractivity contribution in [2.75, 3.05) is 11.9 Å². The Labute approximate surface area is 104 Å². The number of para-hydroxylation sites is 1. The molecule has 0 saturated carbocycles. The van der Waals surface area contributed by atoms with Crippen molar-refractivity contribution >= 4 is 11.4 Å². The lowest BCUT2D eigenvalue weighted by atomic mass is 10.2. The summed E-state index contributed by atoms with van der Waals surface area (Å²) in [6, 6.07) is 5.08. The molecule has 0 spiro atoms. The minimum Gasteiger partial charge on any atom is -0.379 e. The van der Waals surface area contributed by atoms with Gasteiger partial charge in [-0.2, -0.15) is 5.10 Å². The molecule has 94 valence electrons. The molecule has 0 fully saturated rings. The monoisotopic (exact) mass is 247 g/mol. The largest absolute Gasteiger partial charge is 0.379 e. The third kappa shape index (κ3) is 2.29. The number of nitrogens with one attached hydrogen (secondary N) is 1. The zero-order valence-corrected chi connectivity index (χ0v) is 9.91. The zero-order chi connectivity index (χ0) is 13.0. The summed E-state index contributed by atoms with van der Waals surface area (Å²) in [6.45, 7) is 2.68. The normalized spacial score (nSPS) is 10.3. The Hall–Kier alpha value is -2.44. The van der Waals surface area contributed by atoms with E-state index < -0.39 is 4.92 Å². The van der Waals surface area contributed by atoms with Gasteiger partial charge in [-0.3, -0.25) is 10.1 Å². The van der Waals surface area contributed by atoms with Gasteiger partial charge in [-0.15, -0.1) is 0 Å². The van der Waals surface area contributed by atoms with Crippen molar-refractivity contribution in [3.05, 3.63) is 41.0 Å². The highest BCUT2D eigenvalue weighted by molar-refractivity contribution is 5.70. The summed E-state index contributed by atoms with van der Waals surface area (Å²) in [5, 5.41) is 18.2. The predicted molar refractivity (Wildman–Crippen MR) is 66.8 cm³/mol. The number of anilines is 1. The molecule has 0 amide bonds. The van der Waals surface area contributed by atoms with Crippen LogP contribution in [0.25, 0.3) is 5.69 Å². The van der Waals surface area contributed by atoms with Crippen LogP contribution in [0.15, 0.2) is 30.9 Å². The van der Waals surface area contributed by atoms with Crippen molar-refractivity contribution < 1.29 is 4.92 Å². The van der Waals surface area contributed by atoms with E-state index in [0.29, 0.717) is 17.9 Å². The van der Waals surface area contributed by atoms with E-state index in [2.05, 4.69) is 15.4 Å². The topological polar surface area (TPSA) is 85.9 Å². The zero-order valence-electron chi connectivity index (χ0n) is 9.91. The number of benzene rings is 1. The first kappa shape index (κ1) is 12.0. The molecule has 18 heavy (non-hydrogen) atoms. The fourth-order valence-electron chi connectivity index (χ4n) is 1.64. The number of rotatable bonds is 5. The summed E-state index contributed by atoms with van der Waals surface area (Å²) in [5.41, 5.74) is 0.907. The van der Waals surface area contributed by atoms with E-state index >= 15 is 0 Å². The highest BCUT2D eigenvalue weighted by Gasteiger charge is 2.20. The maximum atomic E-state index is 11.2. The van der Waals surface area contributed by atoms with Crippen LogP contribution in [0.1, 0.15) is 13.3 Å². The molecule has 7 nitrogen and oxygen atoms in total. The first-order chi connectivity index (χ1) is 8.74. The number of nitrogens with zero attached hydrogens (tertiary/aromatic N) is 4. The molecule has 1 aromatic carbocycles. The van der Waals surface area contributed by atoms with Gasteiger partial charge in [-0.1, -0.05) is 13.0 Å². The predicted octanol–water partition coefficient (Wildman–Crippen LogP) is 2.00. The van der Waals surface area contributed by atoms with Crippen LogP contribution < -0.4 is 5.32 Å². The third-order valence-electron chi connectivity index (χ3n) is 2.43. The van der Waals surface area contributed by atoms with Crippen LogP contribution in [0.5, 0.6) is 0 Å². The summed E-state index contributed by atoms with van der Waals surface area (Å²) in [6.07, 6.45) is 3.67. The van der Waals surface area contributed by atoms with Crippen molar-refractivity contribution in [3.63, 3.8) is 0 Å². The van der Waals surface area contributed by atoms with Crippen LogP contribution in [-0.4, -0.2) is 26.2 Å². The van der Waals surface area contributed by atoms with Gasteiger partial charge < -0.3 is 5.32 Å². The molecule has 0 radical (unpaired) electrons. The third-order valence-corrected chi connectivity index (χ3v) is 2.43. The summed E-state index contributed by atoms with van der Waals surface area (Å²) in [7, 11) is 0. The highest BCUT2D eigenvalue weighted by atomic mass is 16.6. The molecule has 0 bridgehead atoms. The molecule has 0 unspecified atom stereocenters. The Bertz CT molecular complexity index is 538. The van der Waals surface area contributed by atoms with Crippen LogP contribution in [0.4, 0.5) is 11.4 Å². The van der Waals surface area contributed by atoms with Crippen LogP contribution in [0.3, 0.4) is 0 Å². The minimum atomic E-state index is -0.408. The van der Waals surface area contributed by atoms with E-state index in [9.17, 15) is 10.1 Å². The quantitative estimate of drug-likeness (QED) is 0.645. The molecule has 0 aliphatic carbocycles. The van der Waals surface area contributed by atoms with Gasteiger partial charge in [0.1, 0.15) is 24.0 Å². The summed E-state index contributed by atoms with van der Waals surface area (Å²) < 4.78 is 1.38. The van der Waals surface area contributed by atoms with Gasteiger partial charge >= 0.3 is 5.69 Å². The number of hydrogen-bond acceptors (Lipinski definition) is 5. The van der Waals surface area contributed by atoms with Crippen molar-refractivity contribution in [2.24, 2.45) is 0 Å². The fraction of sp³-hybridized carbons (Fsp3) is 0.273. The lowest BCUT2D eigenvalue weighted by molar-refractivity contribution is -0.383. The van der Waals surface area contributed by atoms with E-state index in [0.717, 1.165) is 6.42 Å². The second-order valence-electron chi connectivity index (χ2n) is 3.70. The average Bonchev–Trinajstić information content (AvgIpc) is 2.89. The van der Waals surface area contributed by atoms with Gasteiger partial charge in [0.25, 0.3) is 0 Å². The fourth-order valence-corrected chi connectivity index (χ4v) is 1.64. The Morgan fingerprint density at radius 1 is 1.50 bits per heavy atom. The SMILES string of the molecule is CCCNc1cccc(-n2cncn2)c1[N+](=O)[O-]. The molecule has 0 saturated heterocycles. The van der Waals surface area contributed by atoms with Gasteiger partial charge in [-0.25, -0.2) is 9.67 Å². The standard InChI is InChI=1S/C11H13N5O2/c1-2-6-13-9-4-3-5-10(11(9)16(17)18)15-8-12-7-14-15/h3-5,7-8,13H,2,6H2,1H3. The molecule has 7 heteroatoms.